The van der Waals surface area contributed by atoms with E-state index in [2.05, 4.69) is 36.4 Å². The fraction of sp³-hybridized carbons (Fsp3) is 0.367. The lowest BCUT2D eigenvalue weighted by molar-refractivity contribution is -0.143. The zero-order valence-corrected chi connectivity index (χ0v) is 22.6. The van der Waals surface area contributed by atoms with E-state index in [1.54, 1.807) is 49.5 Å². The molecule has 2 amide bonds. The van der Waals surface area contributed by atoms with E-state index >= 15 is 0 Å². The second kappa shape index (κ2) is 14.0. The van der Waals surface area contributed by atoms with Crippen LogP contribution in [0.5, 0.6) is 17.4 Å². The lowest BCUT2D eigenvalue weighted by Crippen LogP contribution is -2.20. The highest BCUT2D eigenvalue weighted by atomic mass is 16.5. The molecule has 8 heteroatoms. The van der Waals surface area contributed by atoms with Gasteiger partial charge in [-0.25, -0.2) is 9.78 Å². The number of carbonyl (C=O) groups is 2. The van der Waals surface area contributed by atoms with Gasteiger partial charge < -0.3 is 24.8 Å². The summed E-state index contributed by atoms with van der Waals surface area (Å²) < 4.78 is 16.8. The molecule has 2 aromatic carbocycles. The predicted molar refractivity (Wildman–Crippen MR) is 149 cm³/mol. The summed E-state index contributed by atoms with van der Waals surface area (Å²) in [7, 11) is 0. The van der Waals surface area contributed by atoms with Gasteiger partial charge in [0.15, 0.2) is 0 Å². The number of pyridine rings is 1. The van der Waals surface area contributed by atoms with Crippen LogP contribution in [0.3, 0.4) is 0 Å². The highest BCUT2D eigenvalue weighted by Gasteiger charge is 2.20. The number of urea groups is 1. The Morgan fingerprint density at radius 3 is 2.39 bits per heavy atom. The van der Waals surface area contributed by atoms with Crippen molar-refractivity contribution in [2.45, 2.75) is 58.8 Å². The van der Waals surface area contributed by atoms with Crippen molar-refractivity contribution in [1.82, 2.24) is 4.98 Å². The Morgan fingerprint density at radius 2 is 1.66 bits per heavy atom. The molecule has 0 atom stereocenters. The normalized spacial score (nSPS) is 10.9. The standard InChI is InChI=1S/C30H37N3O5/c1-5-36-27(34)15-7-6-10-21-37-23-18-16-22(17-19-23)32-29(35)33-25-13-11-20-31-28(25)38-26-14-9-8-12-24(26)30(2,3)4/h8-9,11-14,16-20H,5-7,10,15,21H2,1-4H3,(H2,32,33,35). The van der Waals surface area contributed by atoms with Gasteiger partial charge in [-0.05, 0) is 74.1 Å². The maximum atomic E-state index is 12.7. The molecule has 0 aliphatic heterocycles. The molecule has 0 radical (unpaired) electrons. The Morgan fingerprint density at radius 1 is 0.895 bits per heavy atom. The van der Waals surface area contributed by atoms with Crippen molar-refractivity contribution in [3.8, 4) is 17.4 Å². The van der Waals surface area contributed by atoms with E-state index in [1.807, 2.05) is 24.3 Å². The van der Waals surface area contributed by atoms with E-state index in [-0.39, 0.29) is 11.4 Å². The van der Waals surface area contributed by atoms with Crippen LogP contribution in [0.2, 0.25) is 0 Å². The van der Waals surface area contributed by atoms with Crippen LogP contribution in [0.1, 0.15) is 58.9 Å². The van der Waals surface area contributed by atoms with Gasteiger partial charge in [-0.15, -0.1) is 0 Å². The second-order valence-electron chi connectivity index (χ2n) is 9.77. The number of esters is 1. The maximum Gasteiger partial charge on any atom is 0.323 e. The van der Waals surface area contributed by atoms with Crippen molar-refractivity contribution in [2.24, 2.45) is 0 Å². The van der Waals surface area contributed by atoms with Crippen molar-refractivity contribution in [3.63, 3.8) is 0 Å². The quantitative estimate of drug-likeness (QED) is 0.192. The minimum absolute atomic E-state index is 0.115. The topological polar surface area (TPSA) is 98.8 Å². The van der Waals surface area contributed by atoms with Crippen LogP contribution < -0.4 is 20.1 Å². The van der Waals surface area contributed by atoms with Gasteiger partial charge in [0, 0.05) is 23.9 Å². The van der Waals surface area contributed by atoms with Gasteiger partial charge in [-0.1, -0.05) is 39.0 Å². The molecule has 0 saturated heterocycles. The largest absolute Gasteiger partial charge is 0.494 e. The number of ether oxygens (including phenoxy) is 3. The molecular weight excluding hydrogens is 482 g/mol. The molecular formula is C30H37N3O5. The van der Waals surface area contributed by atoms with E-state index in [0.717, 1.165) is 24.8 Å². The molecule has 0 fully saturated rings. The predicted octanol–water partition coefficient (Wildman–Crippen LogP) is 7.32. The molecule has 8 nitrogen and oxygen atoms in total. The van der Waals surface area contributed by atoms with Gasteiger partial charge in [-0.3, -0.25) is 4.79 Å². The van der Waals surface area contributed by atoms with Crippen LogP contribution in [0.25, 0.3) is 0 Å². The first-order chi connectivity index (χ1) is 18.3. The molecule has 38 heavy (non-hydrogen) atoms. The van der Waals surface area contributed by atoms with Gasteiger partial charge in [-0.2, -0.15) is 0 Å². The Kier molecular flexibility index (Phi) is 10.5. The summed E-state index contributed by atoms with van der Waals surface area (Å²) in [5.41, 5.74) is 2.00. The monoisotopic (exact) mass is 519 g/mol. The van der Waals surface area contributed by atoms with Crippen LogP contribution in [-0.4, -0.2) is 30.2 Å². The number of hydrogen-bond donors (Lipinski definition) is 2. The molecule has 0 bridgehead atoms. The van der Waals surface area contributed by atoms with Gasteiger partial charge in [0.05, 0.1) is 13.2 Å². The van der Waals surface area contributed by atoms with Gasteiger partial charge in [0.25, 0.3) is 0 Å². The van der Waals surface area contributed by atoms with Crippen LogP contribution in [0, 0.1) is 0 Å². The third-order valence-corrected chi connectivity index (χ3v) is 5.63. The van der Waals surface area contributed by atoms with Crippen LogP contribution in [0.15, 0.2) is 66.9 Å². The third kappa shape index (κ3) is 9.10. The second-order valence-corrected chi connectivity index (χ2v) is 9.77. The van der Waals surface area contributed by atoms with Crippen molar-refractivity contribution in [1.29, 1.82) is 0 Å². The highest BCUT2D eigenvalue weighted by Crippen LogP contribution is 2.35. The molecule has 1 heterocycles. The van der Waals surface area contributed by atoms with Crippen LogP contribution in [0.4, 0.5) is 16.2 Å². The summed E-state index contributed by atoms with van der Waals surface area (Å²) in [6.07, 6.45) is 4.58. The summed E-state index contributed by atoms with van der Waals surface area (Å²) in [5.74, 6) is 1.56. The molecule has 1 aromatic heterocycles. The lowest BCUT2D eigenvalue weighted by atomic mass is 9.86. The third-order valence-electron chi connectivity index (χ3n) is 5.63. The fourth-order valence-corrected chi connectivity index (χ4v) is 3.74. The Balaban J connectivity index is 1.50. The molecule has 3 rings (SSSR count). The van der Waals surface area contributed by atoms with Gasteiger partial charge >= 0.3 is 12.0 Å². The molecule has 3 aromatic rings. The highest BCUT2D eigenvalue weighted by molar-refractivity contribution is 6.00. The first-order valence-corrected chi connectivity index (χ1v) is 12.9. The molecule has 0 aliphatic rings. The number of carbonyl (C=O) groups excluding carboxylic acids is 2. The number of amides is 2. The van der Waals surface area contributed by atoms with Gasteiger partial charge in [0.1, 0.15) is 17.2 Å². The molecule has 0 aliphatic carbocycles. The minimum Gasteiger partial charge on any atom is -0.494 e. The maximum absolute atomic E-state index is 12.7. The van der Waals surface area contributed by atoms with Gasteiger partial charge in [0.2, 0.25) is 5.88 Å². The number of anilines is 2. The van der Waals surface area contributed by atoms with Crippen LogP contribution in [-0.2, 0) is 14.9 Å². The molecule has 2 N–H and O–H groups in total. The van der Waals surface area contributed by atoms with Crippen LogP contribution >= 0.6 is 0 Å². The Bertz CT molecular complexity index is 1190. The summed E-state index contributed by atoms with van der Waals surface area (Å²) in [6.45, 7) is 9.12. The van der Waals surface area contributed by atoms with Crippen molar-refractivity contribution in [3.05, 3.63) is 72.4 Å². The molecule has 0 saturated carbocycles. The molecule has 0 spiro atoms. The Hall–Kier alpha value is -4.07. The number of unbranched alkanes of at least 4 members (excludes halogenated alkanes) is 2. The van der Waals surface area contributed by atoms with E-state index in [4.69, 9.17) is 14.2 Å². The summed E-state index contributed by atoms with van der Waals surface area (Å²) in [6, 6.07) is 18.0. The number of nitrogens with one attached hydrogen (secondary N) is 2. The zero-order chi connectivity index (χ0) is 27.4. The Labute approximate surface area is 224 Å². The number of para-hydroxylation sites is 1. The number of rotatable bonds is 12. The number of nitrogens with zero attached hydrogens (tertiary/aromatic N) is 1. The lowest BCUT2D eigenvalue weighted by Gasteiger charge is -2.22. The smallest absolute Gasteiger partial charge is 0.323 e. The van der Waals surface area contributed by atoms with Crippen molar-refractivity contribution >= 4 is 23.4 Å². The average molecular weight is 520 g/mol. The number of aromatic nitrogens is 1. The SMILES string of the molecule is CCOC(=O)CCCCCOc1ccc(NC(=O)Nc2cccnc2Oc2ccccc2C(C)(C)C)cc1. The average Bonchev–Trinajstić information content (AvgIpc) is 2.88. The zero-order valence-electron chi connectivity index (χ0n) is 22.6. The fourth-order valence-electron chi connectivity index (χ4n) is 3.74. The molecule has 0 unspecified atom stereocenters. The van der Waals surface area contributed by atoms with Crippen molar-refractivity contribution in [2.75, 3.05) is 23.8 Å². The molecule has 202 valence electrons. The summed E-state index contributed by atoms with van der Waals surface area (Å²) in [4.78, 5) is 28.4. The first kappa shape index (κ1) is 28.5. The summed E-state index contributed by atoms with van der Waals surface area (Å²) in [5, 5.41) is 5.64. The summed E-state index contributed by atoms with van der Waals surface area (Å²) >= 11 is 0. The number of hydrogen-bond acceptors (Lipinski definition) is 6. The first-order valence-electron chi connectivity index (χ1n) is 12.9. The van der Waals surface area contributed by atoms with E-state index in [9.17, 15) is 9.59 Å². The van der Waals surface area contributed by atoms with E-state index < -0.39 is 6.03 Å². The minimum atomic E-state index is -0.415. The van der Waals surface area contributed by atoms with E-state index in [0.29, 0.717) is 48.4 Å². The number of benzene rings is 2. The van der Waals surface area contributed by atoms with E-state index in [1.165, 1.54) is 0 Å². The van der Waals surface area contributed by atoms with Crippen molar-refractivity contribution < 1.29 is 23.8 Å².